The molecule has 2 aromatic carbocycles. The SMILES string of the molecule is CC.CC.c1ccc2nc3c(nc2c1)sc1ccccc13. The van der Waals surface area contributed by atoms with E-state index in [1.165, 1.54) is 10.1 Å². The van der Waals surface area contributed by atoms with E-state index in [9.17, 15) is 0 Å². The lowest BCUT2D eigenvalue weighted by Gasteiger charge is -1.95. The maximum Gasteiger partial charge on any atom is 0.143 e. The van der Waals surface area contributed by atoms with Gasteiger partial charge in [0.2, 0.25) is 0 Å². The summed E-state index contributed by atoms with van der Waals surface area (Å²) in [5.74, 6) is 0. The zero-order valence-corrected chi connectivity index (χ0v) is 13.7. The van der Waals surface area contributed by atoms with Gasteiger partial charge in [-0.1, -0.05) is 58.0 Å². The van der Waals surface area contributed by atoms with Crippen LogP contribution < -0.4 is 0 Å². The molecule has 0 unspecified atom stereocenters. The van der Waals surface area contributed by atoms with E-state index in [0.29, 0.717) is 0 Å². The Bertz CT molecular complexity index is 843. The summed E-state index contributed by atoms with van der Waals surface area (Å²) in [4.78, 5) is 10.4. The Labute approximate surface area is 129 Å². The van der Waals surface area contributed by atoms with Crippen LogP contribution in [0.1, 0.15) is 27.7 Å². The van der Waals surface area contributed by atoms with Crippen LogP contribution >= 0.6 is 11.3 Å². The van der Waals surface area contributed by atoms with Gasteiger partial charge in [-0.3, -0.25) is 0 Å². The summed E-state index contributed by atoms with van der Waals surface area (Å²) in [5, 5.41) is 1.20. The topological polar surface area (TPSA) is 25.8 Å². The van der Waals surface area contributed by atoms with Gasteiger partial charge in [0.15, 0.2) is 0 Å². The monoisotopic (exact) mass is 296 g/mol. The van der Waals surface area contributed by atoms with Crippen LogP contribution in [0.15, 0.2) is 48.5 Å². The van der Waals surface area contributed by atoms with Gasteiger partial charge < -0.3 is 0 Å². The molecule has 0 aliphatic carbocycles. The minimum absolute atomic E-state index is 0.962. The number of benzene rings is 2. The molecule has 21 heavy (non-hydrogen) atoms. The number of fused-ring (bicyclic) bond motifs is 4. The van der Waals surface area contributed by atoms with E-state index in [2.05, 4.69) is 23.2 Å². The average Bonchev–Trinajstić information content (AvgIpc) is 2.94. The third-order valence-corrected chi connectivity index (χ3v) is 3.94. The van der Waals surface area contributed by atoms with Crippen molar-refractivity contribution in [1.29, 1.82) is 0 Å². The van der Waals surface area contributed by atoms with Crippen molar-refractivity contribution < 1.29 is 0 Å². The van der Waals surface area contributed by atoms with Gasteiger partial charge in [-0.2, -0.15) is 0 Å². The van der Waals surface area contributed by atoms with Crippen LogP contribution in [-0.2, 0) is 0 Å². The fraction of sp³-hybridized carbons (Fsp3) is 0.222. The van der Waals surface area contributed by atoms with Crippen LogP contribution in [0.4, 0.5) is 0 Å². The third kappa shape index (κ3) is 2.88. The Morgan fingerprint density at radius 1 is 0.714 bits per heavy atom. The van der Waals surface area contributed by atoms with Gasteiger partial charge in [-0.15, -0.1) is 11.3 Å². The van der Waals surface area contributed by atoms with E-state index < -0.39 is 0 Å². The molecule has 0 saturated heterocycles. The molecule has 0 N–H and O–H groups in total. The standard InChI is InChI=1S/C14H8N2S.2C2H6/c1-4-8-12-9(5-1)13-14(17-12)16-11-7-3-2-6-10(11)15-13;2*1-2/h1-8H;2*1-2H3. The largest absolute Gasteiger partial charge is 0.243 e. The molecule has 0 atom stereocenters. The van der Waals surface area contributed by atoms with Gasteiger partial charge in [-0.05, 0) is 18.2 Å². The number of aromatic nitrogens is 2. The first-order valence-corrected chi connectivity index (χ1v) is 8.27. The summed E-state index contributed by atoms with van der Waals surface area (Å²) >= 11 is 1.70. The quantitative estimate of drug-likeness (QED) is 0.395. The summed E-state index contributed by atoms with van der Waals surface area (Å²) < 4.78 is 1.25. The van der Waals surface area contributed by atoms with Crippen molar-refractivity contribution >= 4 is 42.8 Å². The predicted octanol–water partition coefficient (Wildman–Crippen LogP) is 6.05. The van der Waals surface area contributed by atoms with Crippen molar-refractivity contribution in [2.24, 2.45) is 0 Å². The van der Waals surface area contributed by atoms with Gasteiger partial charge >= 0.3 is 0 Å². The molecular weight excluding hydrogens is 276 g/mol. The minimum atomic E-state index is 0.962. The van der Waals surface area contributed by atoms with Gasteiger partial charge in [0.1, 0.15) is 10.3 Å². The summed E-state index contributed by atoms with van der Waals surface area (Å²) in [6.45, 7) is 8.00. The number of rotatable bonds is 0. The zero-order valence-electron chi connectivity index (χ0n) is 12.9. The third-order valence-electron chi connectivity index (χ3n) is 2.89. The second-order valence-corrected chi connectivity index (χ2v) is 4.99. The molecule has 0 bridgehead atoms. The van der Waals surface area contributed by atoms with Crippen molar-refractivity contribution in [3.63, 3.8) is 0 Å². The number of para-hydroxylation sites is 2. The number of hydrogen-bond acceptors (Lipinski definition) is 3. The van der Waals surface area contributed by atoms with Crippen LogP contribution in [0.25, 0.3) is 31.5 Å². The molecule has 0 amide bonds. The first kappa shape index (κ1) is 15.4. The molecule has 0 spiro atoms. The molecule has 0 radical (unpaired) electrons. The molecule has 0 aliphatic heterocycles. The van der Waals surface area contributed by atoms with Crippen molar-refractivity contribution in [2.45, 2.75) is 27.7 Å². The molecule has 2 nitrogen and oxygen atoms in total. The van der Waals surface area contributed by atoms with E-state index in [1.807, 2.05) is 58.0 Å². The predicted molar refractivity (Wildman–Crippen MR) is 95.1 cm³/mol. The van der Waals surface area contributed by atoms with Crippen LogP contribution in [0.5, 0.6) is 0 Å². The van der Waals surface area contributed by atoms with Crippen molar-refractivity contribution in [1.82, 2.24) is 9.97 Å². The van der Waals surface area contributed by atoms with Crippen LogP contribution in [0, 0.1) is 0 Å². The lowest BCUT2D eigenvalue weighted by Crippen LogP contribution is -1.82. The molecule has 4 aromatic rings. The molecule has 4 rings (SSSR count). The van der Waals surface area contributed by atoms with E-state index in [1.54, 1.807) is 11.3 Å². The number of thiophene rings is 1. The van der Waals surface area contributed by atoms with E-state index in [0.717, 1.165) is 21.4 Å². The molecule has 2 heterocycles. The van der Waals surface area contributed by atoms with Crippen molar-refractivity contribution in [3.05, 3.63) is 48.5 Å². The molecule has 0 aliphatic rings. The van der Waals surface area contributed by atoms with Crippen molar-refractivity contribution in [2.75, 3.05) is 0 Å². The maximum absolute atomic E-state index is 4.71. The highest BCUT2D eigenvalue weighted by Crippen LogP contribution is 2.32. The lowest BCUT2D eigenvalue weighted by atomic mass is 10.2. The highest BCUT2D eigenvalue weighted by atomic mass is 32.1. The first-order chi connectivity index (χ1) is 10.4. The summed E-state index contributed by atoms with van der Waals surface area (Å²) in [5.41, 5.74) is 2.94. The van der Waals surface area contributed by atoms with E-state index in [4.69, 9.17) is 4.98 Å². The second kappa shape index (κ2) is 7.14. The normalized spacial score (nSPS) is 9.90. The van der Waals surface area contributed by atoms with Crippen LogP contribution in [0.3, 0.4) is 0 Å². The molecule has 2 aromatic heterocycles. The lowest BCUT2D eigenvalue weighted by molar-refractivity contribution is 1.43. The minimum Gasteiger partial charge on any atom is -0.243 e. The Morgan fingerprint density at radius 3 is 2.00 bits per heavy atom. The molecular formula is C18H20N2S. The summed E-state index contributed by atoms with van der Waals surface area (Å²) in [7, 11) is 0. The Kier molecular flexibility index (Phi) is 5.23. The smallest absolute Gasteiger partial charge is 0.143 e. The van der Waals surface area contributed by atoms with Gasteiger partial charge in [0.25, 0.3) is 0 Å². The maximum atomic E-state index is 4.71. The molecule has 0 saturated carbocycles. The Hall–Kier alpha value is -2.00. The van der Waals surface area contributed by atoms with Crippen molar-refractivity contribution in [3.8, 4) is 0 Å². The number of nitrogens with zero attached hydrogens (tertiary/aromatic N) is 2. The zero-order chi connectivity index (χ0) is 15.2. The Balaban J connectivity index is 0.000000374. The van der Waals surface area contributed by atoms with Gasteiger partial charge in [0.05, 0.1) is 11.0 Å². The van der Waals surface area contributed by atoms with Gasteiger partial charge in [-0.25, -0.2) is 9.97 Å². The average molecular weight is 296 g/mol. The fourth-order valence-corrected chi connectivity index (χ4v) is 3.11. The van der Waals surface area contributed by atoms with Crippen LogP contribution in [0.2, 0.25) is 0 Å². The molecule has 3 heteroatoms. The van der Waals surface area contributed by atoms with E-state index >= 15 is 0 Å². The highest BCUT2D eigenvalue weighted by Gasteiger charge is 2.08. The number of hydrogen-bond donors (Lipinski definition) is 0. The van der Waals surface area contributed by atoms with Gasteiger partial charge in [0, 0.05) is 10.1 Å². The van der Waals surface area contributed by atoms with Crippen LogP contribution in [-0.4, -0.2) is 9.97 Å². The highest BCUT2D eigenvalue weighted by molar-refractivity contribution is 7.25. The summed E-state index contributed by atoms with van der Waals surface area (Å²) in [6.07, 6.45) is 0. The fourth-order valence-electron chi connectivity index (χ4n) is 2.09. The Morgan fingerprint density at radius 2 is 1.29 bits per heavy atom. The first-order valence-electron chi connectivity index (χ1n) is 7.46. The molecule has 0 fully saturated rings. The van der Waals surface area contributed by atoms with E-state index in [-0.39, 0.29) is 0 Å². The molecule has 108 valence electrons. The summed E-state index contributed by atoms with van der Waals surface area (Å²) in [6, 6.07) is 16.3. The second-order valence-electron chi connectivity index (χ2n) is 3.96.